The number of ether oxygens (including phenoxy) is 1. The number of aliphatic imine (C=N–C) groups is 1. The summed E-state index contributed by atoms with van der Waals surface area (Å²) >= 11 is 1.78. The van der Waals surface area contributed by atoms with Crippen molar-refractivity contribution in [1.29, 1.82) is 0 Å². The summed E-state index contributed by atoms with van der Waals surface area (Å²) in [7, 11) is 1.65. The molecule has 0 heterocycles. The first-order valence-electron chi connectivity index (χ1n) is 8.61. The van der Waals surface area contributed by atoms with Crippen LogP contribution in [0.3, 0.4) is 0 Å². The maximum atomic E-state index is 10.7. The fourth-order valence-electron chi connectivity index (χ4n) is 2.19. The van der Waals surface area contributed by atoms with E-state index in [1.807, 2.05) is 18.2 Å². The monoisotopic (exact) mass is 516 g/mol. The molecule has 28 heavy (non-hydrogen) atoms. The Morgan fingerprint density at radius 2 is 1.79 bits per heavy atom. The van der Waals surface area contributed by atoms with Crippen molar-refractivity contribution in [3.63, 3.8) is 0 Å². The Kier molecular flexibility index (Phi) is 12.3. The lowest BCUT2D eigenvalue weighted by Crippen LogP contribution is -2.40. The van der Waals surface area contributed by atoms with Crippen molar-refractivity contribution < 1.29 is 9.66 Å². The molecule has 0 saturated heterocycles. The van der Waals surface area contributed by atoms with Gasteiger partial charge in [0.05, 0.1) is 18.1 Å². The van der Waals surface area contributed by atoms with Gasteiger partial charge in [0, 0.05) is 43.0 Å². The van der Waals surface area contributed by atoms with Gasteiger partial charge in [-0.15, -0.1) is 35.7 Å². The summed E-state index contributed by atoms with van der Waals surface area (Å²) in [6.07, 6.45) is 0. The maximum Gasteiger partial charge on any atom is 0.269 e. The minimum atomic E-state index is -0.406. The minimum absolute atomic E-state index is 0. The average Bonchev–Trinajstić information content (AvgIpc) is 2.70. The van der Waals surface area contributed by atoms with Crippen LogP contribution in [0.15, 0.2) is 64.5 Å². The van der Waals surface area contributed by atoms with Crippen molar-refractivity contribution in [2.45, 2.75) is 11.4 Å². The number of thioether (sulfide) groups is 1. The van der Waals surface area contributed by atoms with E-state index in [0.29, 0.717) is 25.7 Å². The molecular formula is C19H25IN4O3S. The second-order valence-corrected chi connectivity index (χ2v) is 6.76. The molecule has 0 bridgehead atoms. The molecule has 0 spiro atoms. The number of guanidine groups is 1. The van der Waals surface area contributed by atoms with Crippen molar-refractivity contribution in [2.24, 2.45) is 4.99 Å². The van der Waals surface area contributed by atoms with Crippen molar-refractivity contribution >= 4 is 47.4 Å². The van der Waals surface area contributed by atoms with Crippen LogP contribution in [-0.4, -0.2) is 43.4 Å². The molecule has 0 unspecified atom stereocenters. The number of nitro groups is 1. The summed E-state index contributed by atoms with van der Waals surface area (Å²) in [5.41, 5.74) is 0.990. The highest BCUT2D eigenvalue weighted by atomic mass is 127. The molecule has 7 nitrogen and oxygen atoms in total. The number of rotatable bonds is 10. The summed E-state index contributed by atoms with van der Waals surface area (Å²) in [6, 6.07) is 16.7. The van der Waals surface area contributed by atoms with Gasteiger partial charge in [0.15, 0.2) is 5.96 Å². The molecule has 9 heteroatoms. The van der Waals surface area contributed by atoms with Gasteiger partial charge >= 0.3 is 0 Å². The molecule has 0 amide bonds. The van der Waals surface area contributed by atoms with Crippen LogP contribution in [0.25, 0.3) is 0 Å². The van der Waals surface area contributed by atoms with E-state index in [1.165, 1.54) is 17.0 Å². The zero-order chi connectivity index (χ0) is 19.3. The highest BCUT2D eigenvalue weighted by molar-refractivity contribution is 14.0. The molecule has 2 rings (SSSR count). The van der Waals surface area contributed by atoms with Crippen LogP contribution in [0.1, 0.15) is 5.56 Å². The number of hydrogen-bond acceptors (Lipinski definition) is 5. The van der Waals surface area contributed by atoms with Gasteiger partial charge in [-0.1, -0.05) is 30.3 Å². The van der Waals surface area contributed by atoms with E-state index in [2.05, 4.69) is 27.8 Å². The third-order valence-electron chi connectivity index (χ3n) is 3.57. The van der Waals surface area contributed by atoms with Crippen LogP contribution >= 0.6 is 35.7 Å². The Morgan fingerprint density at radius 1 is 1.11 bits per heavy atom. The van der Waals surface area contributed by atoms with Gasteiger partial charge in [0.25, 0.3) is 5.69 Å². The molecule has 152 valence electrons. The summed E-state index contributed by atoms with van der Waals surface area (Å²) < 4.78 is 5.06. The molecule has 2 N–H and O–H groups in total. The number of nitrogens with zero attached hydrogens (tertiary/aromatic N) is 2. The van der Waals surface area contributed by atoms with Crippen molar-refractivity contribution in [1.82, 2.24) is 10.6 Å². The van der Waals surface area contributed by atoms with Crippen LogP contribution in [0, 0.1) is 10.1 Å². The molecule has 2 aromatic rings. The first-order valence-corrected chi connectivity index (χ1v) is 9.60. The van der Waals surface area contributed by atoms with E-state index in [1.54, 1.807) is 31.0 Å². The fourth-order valence-corrected chi connectivity index (χ4v) is 2.98. The van der Waals surface area contributed by atoms with Gasteiger partial charge < -0.3 is 15.4 Å². The van der Waals surface area contributed by atoms with Crippen LogP contribution < -0.4 is 10.6 Å². The molecule has 0 saturated carbocycles. The van der Waals surface area contributed by atoms with Crippen molar-refractivity contribution in [3.8, 4) is 0 Å². The van der Waals surface area contributed by atoms with E-state index in [4.69, 9.17) is 4.74 Å². The third kappa shape index (κ3) is 9.38. The summed E-state index contributed by atoms with van der Waals surface area (Å²) in [4.78, 5) is 16.1. The molecule has 2 aromatic carbocycles. The lowest BCUT2D eigenvalue weighted by Gasteiger charge is -2.12. The van der Waals surface area contributed by atoms with Crippen LogP contribution in [0.2, 0.25) is 0 Å². The number of hydrogen-bond donors (Lipinski definition) is 2. The Balaban J connectivity index is 0.00000392. The number of halogens is 1. The lowest BCUT2D eigenvalue weighted by molar-refractivity contribution is -0.384. The predicted octanol–water partition coefficient (Wildman–Crippen LogP) is 3.69. The Hall–Kier alpha value is -1.85. The molecule has 0 aliphatic rings. The van der Waals surface area contributed by atoms with Gasteiger partial charge in [0.1, 0.15) is 0 Å². The van der Waals surface area contributed by atoms with E-state index < -0.39 is 4.92 Å². The summed E-state index contributed by atoms with van der Waals surface area (Å²) in [6.45, 7) is 2.43. The quantitative estimate of drug-likeness (QED) is 0.0953. The van der Waals surface area contributed by atoms with Gasteiger partial charge in [-0.05, 0) is 17.7 Å². The van der Waals surface area contributed by atoms with E-state index in [0.717, 1.165) is 17.9 Å². The normalized spacial score (nSPS) is 10.8. The average molecular weight is 516 g/mol. The number of benzene rings is 2. The number of nitrogens with one attached hydrogen (secondary N) is 2. The zero-order valence-electron chi connectivity index (χ0n) is 15.7. The highest BCUT2D eigenvalue weighted by Gasteiger charge is 2.04. The molecule has 0 fully saturated rings. The SMILES string of the molecule is COCCNC(=NCc1ccc([N+](=O)[O-])cc1)NCCSc1ccccc1.I. The fraction of sp³-hybridized carbons (Fsp3) is 0.316. The Labute approximate surface area is 186 Å². The molecule has 0 aliphatic carbocycles. The van der Waals surface area contributed by atoms with Crippen LogP contribution in [-0.2, 0) is 11.3 Å². The molecule has 0 aromatic heterocycles. The first-order chi connectivity index (χ1) is 13.2. The van der Waals surface area contributed by atoms with Crippen molar-refractivity contribution in [3.05, 3.63) is 70.3 Å². The smallest absolute Gasteiger partial charge is 0.269 e. The summed E-state index contributed by atoms with van der Waals surface area (Å²) in [5.74, 6) is 1.60. The third-order valence-corrected chi connectivity index (χ3v) is 4.59. The Bertz CT molecular complexity index is 730. The number of methoxy groups -OCH3 is 1. The Morgan fingerprint density at radius 3 is 2.43 bits per heavy atom. The topological polar surface area (TPSA) is 88.8 Å². The molecular weight excluding hydrogens is 491 g/mol. The van der Waals surface area contributed by atoms with Crippen LogP contribution in [0.4, 0.5) is 5.69 Å². The van der Waals surface area contributed by atoms with E-state index >= 15 is 0 Å². The maximum absolute atomic E-state index is 10.7. The van der Waals surface area contributed by atoms with E-state index in [9.17, 15) is 10.1 Å². The van der Waals surface area contributed by atoms with Gasteiger partial charge in [-0.25, -0.2) is 4.99 Å². The number of nitro benzene ring substituents is 1. The van der Waals surface area contributed by atoms with E-state index in [-0.39, 0.29) is 29.7 Å². The largest absolute Gasteiger partial charge is 0.383 e. The van der Waals surface area contributed by atoms with Gasteiger partial charge in [-0.2, -0.15) is 0 Å². The molecule has 0 atom stereocenters. The molecule has 0 radical (unpaired) electrons. The second kappa shape index (κ2) is 14.2. The van der Waals surface area contributed by atoms with Gasteiger partial charge in [-0.3, -0.25) is 10.1 Å². The number of non-ortho nitro benzene ring substituents is 1. The van der Waals surface area contributed by atoms with Crippen molar-refractivity contribution in [2.75, 3.05) is 32.6 Å². The first kappa shape index (κ1) is 24.2. The summed E-state index contributed by atoms with van der Waals surface area (Å²) in [5, 5.41) is 17.2. The predicted molar refractivity (Wildman–Crippen MR) is 125 cm³/mol. The second-order valence-electron chi connectivity index (χ2n) is 5.60. The lowest BCUT2D eigenvalue weighted by atomic mass is 10.2. The molecule has 0 aliphatic heterocycles. The standard InChI is InChI=1S/C19H24N4O3S.HI/c1-26-13-11-20-19(21-12-14-27-18-5-3-2-4-6-18)22-15-16-7-9-17(10-8-16)23(24)25;/h2-10H,11-15H2,1H3,(H2,20,21,22);1H. The zero-order valence-corrected chi connectivity index (χ0v) is 18.8. The van der Waals surface area contributed by atoms with Gasteiger partial charge in [0.2, 0.25) is 0 Å². The minimum Gasteiger partial charge on any atom is -0.383 e. The van der Waals surface area contributed by atoms with Crippen LogP contribution in [0.5, 0.6) is 0 Å². The highest BCUT2D eigenvalue weighted by Crippen LogP contribution is 2.15.